The highest BCUT2D eigenvalue weighted by atomic mass is 16.7. The largest absolute Gasteiger partial charge is 0.494 e. The van der Waals surface area contributed by atoms with E-state index in [1.54, 1.807) is 0 Å². The predicted molar refractivity (Wildman–Crippen MR) is 353 cm³/mol. The summed E-state index contributed by atoms with van der Waals surface area (Å²) in [6, 6.07) is 0. The van der Waals surface area contributed by atoms with Gasteiger partial charge < -0.3 is 33.2 Å². The molecule has 0 aromatic carbocycles. The summed E-state index contributed by atoms with van der Waals surface area (Å²) in [5.74, 6) is 3.98. The molecule has 2 unspecified atom stereocenters. The van der Waals surface area contributed by atoms with Gasteiger partial charge in [0.15, 0.2) is 25.1 Å². The molecule has 0 bridgehead atoms. The van der Waals surface area contributed by atoms with Crippen LogP contribution in [-0.4, -0.2) is 52.2 Å². The average Bonchev–Trinajstić information content (AvgIpc) is 3.48. The quantitative estimate of drug-likeness (QED) is 0.0342. The Labute approximate surface area is 508 Å². The molecule has 81 heavy (non-hydrogen) atoms. The fourth-order valence-corrected chi connectivity index (χ4v) is 11.1. The van der Waals surface area contributed by atoms with Crippen LogP contribution >= 0.6 is 0 Å². The molecule has 0 heterocycles. The van der Waals surface area contributed by atoms with Gasteiger partial charge in [0.05, 0.1) is 26.4 Å². The molecule has 7 nitrogen and oxygen atoms in total. The zero-order valence-electron chi connectivity index (χ0n) is 56.4. The van der Waals surface area contributed by atoms with Crippen molar-refractivity contribution in [3.05, 3.63) is 23.0 Å². The van der Waals surface area contributed by atoms with Crippen molar-refractivity contribution in [2.45, 2.75) is 414 Å². The van der Waals surface area contributed by atoms with Crippen LogP contribution in [-0.2, 0) is 33.2 Å². The second-order valence-corrected chi connectivity index (χ2v) is 24.6. The molecule has 484 valence electrons. The monoisotopic (exact) mass is 1150 g/mol. The molecule has 0 aromatic heterocycles. The highest BCUT2D eigenvalue weighted by molar-refractivity contribution is 5.09. The predicted octanol–water partition coefficient (Wildman–Crippen LogP) is 25.4. The standard InChI is InChI=1S/C74H146O7/c1-9-17-25-33-37-41-45-51-59-69(76-63-55-47-29-21-13-5)73(78-65-57-49-31-23-15-7)71(61-53-43-39-35-27-19-11-3)80-67-75-68-81-72(62-54-44-40-36-28-20-12-4)74(79-66-58-50-32-24-16-8)70(77-64-56-48-30-22-14-6)60-52-46-42-38-34-26-18-10-2/h71-72H,9-68H2,1-8H3. The van der Waals surface area contributed by atoms with Crippen LogP contribution in [0.25, 0.3) is 0 Å². The molecule has 0 aliphatic carbocycles. The number of allylic oxidation sites excluding steroid dienone is 2. The van der Waals surface area contributed by atoms with Crippen molar-refractivity contribution >= 4 is 0 Å². The van der Waals surface area contributed by atoms with Gasteiger partial charge in [-0.1, -0.05) is 338 Å². The summed E-state index contributed by atoms with van der Waals surface area (Å²) in [6.45, 7) is 21.6. The summed E-state index contributed by atoms with van der Waals surface area (Å²) >= 11 is 0. The number of ether oxygens (including phenoxy) is 7. The van der Waals surface area contributed by atoms with Crippen LogP contribution in [0.5, 0.6) is 0 Å². The number of unbranched alkanes of at least 4 members (excludes halogenated alkanes) is 42. The van der Waals surface area contributed by atoms with Gasteiger partial charge in [-0.05, 0) is 51.4 Å². The van der Waals surface area contributed by atoms with E-state index >= 15 is 0 Å². The van der Waals surface area contributed by atoms with Gasteiger partial charge in [-0.15, -0.1) is 0 Å². The maximum absolute atomic E-state index is 7.02. The van der Waals surface area contributed by atoms with Crippen LogP contribution in [0.1, 0.15) is 402 Å². The first kappa shape index (κ1) is 79.6. The topological polar surface area (TPSA) is 64.6 Å². The maximum atomic E-state index is 7.02. The lowest BCUT2D eigenvalue weighted by molar-refractivity contribution is -0.167. The third kappa shape index (κ3) is 53.7. The molecule has 0 radical (unpaired) electrons. The van der Waals surface area contributed by atoms with Gasteiger partial charge >= 0.3 is 0 Å². The second-order valence-electron chi connectivity index (χ2n) is 24.6. The van der Waals surface area contributed by atoms with E-state index in [1.165, 1.54) is 270 Å². The van der Waals surface area contributed by atoms with Gasteiger partial charge in [-0.2, -0.15) is 0 Å². The Morgan fingerprint density at radius 2 is 0.432 bits per heavy atom. The molecule has 7 heteroatoms. The highest BCUT2D eigenvalue weighted by Crippen LogP contribution is 2.29. The van der Waals surface area contributed by atoms with Gasteiger partial charge in [-0.3, -0.25) is 0 Å². The van der Waals surface area contributed by atoms with E-state index in [9.17, 15) is 0 Å². The molecule has 0 saturated carbocycles. The SMILES string of the molecule is CCCCCCCCCCC(OCCCCCCC)=C(OCCCCCCC)C(CCCCCCCCC)OCOCOC(CCCCCCCCC)C(OCCCCCCC)=C(CCCCCCCCCC)OCCCCCCC. The molecule has 0 aliphatic heterocycles. The van der Waals surface area contributed by atoms with Gasteiger partial charge in [-0.25, -0.2) is 0 Å². The molecule has 0 fully saturated rings. The van der Waals surface area contributed by atoms with E-state index in [4.69, 9.17) is 33.2 Å². The fraction of sp³-hybridized carbons (Fsp3) is 0.946. The number of rotatable bonds is 70. The van der Waals surface area contributed by atoms with E-state index in [0.29, 0.717) is 13.2 Å². The molecule has 0 spiro atoms. The average molecular weight is 1150 g/mol. The molecular formula is C74H146O7. The Morgan fingerprint density at radius 3 is 0.691 bits per heavy atom. The first-order chi connectivity index (χ1) is 40.1. The lowest BCUT2D eigenvalue weighted by atomic mass is 10.0. The minimum Gasteiger partial charge on any atom is -0.494 e. The van der Waals surface area contributed by atoms with Crippen LogP contribution in [0.4, 0.5) is 0 Å². The molecule has 2 atom stereocenters. The molecule has 0 saturated heterocycles. The second kappa shape index (κ2) is 67.7. The van der Waals surface area contributed by atoms with Crippen molar-refractivity contribution in [1.29, 1.82) is 0 Å². The zero-order valence-corrected chi connectivity index (χ0v) is 56.4. The first-order valence-corrected chi connectivity index (χ1v) is 36.9. The summed E-state index contributed by atoms with van der Waals surface area (Å²) in [7, 11) is 0. The van der Waals surface area contributed by atoms with Crippen LogP contribution in [0.2, 0.25) is 0 Å². The van der Waals surface area contributed by atoms with Crippen molar-refractivity contribution in [2.75, 3.05) is 40.0 Å². The summed E-state index contributed by atoms with van der Waals surface area (Å²) < 4.78 is 48.4. The lowest BCUT2D eigenvalue weighted by Gasteiger charge is -2.26. The van der Waals surface area contributed by atoms with Crippen molar-refractivity contribution in [2.24, 2.45) is 0 Å². The van der Waals surface area contributed by atoms with Gasteiger partial charge in [0.2, 0.25) is 0 Å². The lowest BCUT2D eigenvalue weighted by Crippen LogP contribution is -2.25. The van der Waals surface area contributed by atoms with Gasteiger partial charge in [0.1, 0.15) is 23.7 Å². The van der Waals surface area contributed by atoms with E-state index in [2.05, 4.69) is 55.4 Å². The summed E-state index contributed by atoms with van der Waals surface area (Å²) in [6.07, 6.45) is 65.9. The zero-order chi connectivity index (χ0) is 58.8. The summed E-state index contributed by atoms with van der Waals surface area (Å²) in [5.41, 5.74) is 0. The minimum absolute atomic E-state index is 0.146. The Morgan fingerprint density at radius 1 is 0.222 bits per heavy atom. The van der Waals surface area contributed by atoms with E-state index in [1.807, 2.05) is 0 Å². The Kier molecular flexibility index (Phi) is 66.5. The smallest absolute Gasteiger partial charge is 0.162 e. The van der Waals surface area contributed by atoms with Crippen molar-refractivity contribution in [3.63, 3.8) is 0 Å². The molecule has 0 aromatic rings. The first-order valence-electron chi connectivity index (χ1n) is 36.9. The molecule has 0 amide bonds. The van der Waals surface area contributed by atoms with Crippen LogP contribution < -0.4 is 0 Å². The maximum Gasteiger partial charge on any atom is 0.162 e. The number of hydrogen-bond donors (Lipinski definition) is 0. The van der Waals surface area contributed by atoms with Gasteiger partial charge in [0.25, 0.3) is 0 Å². The van der Waals surface area contributed by atoms with Crippen molar-refractivity contribution in [3.8, 4) is 0 Å². The Hall–Kier alpha value is -1.44. The molecular weight excluding hydrogens is 1000 g/mol. The normalized spacial score (nSPS) is 13.1. The fourth-order valence-electron chi connectivity index (χ4n) is 11.1. The summed E-state index contributed by atoms with van der Waals surface area (Å²) in [5, 5.41) is 0. The highest BCUT2D eigenvalue weighted by Gasteiger charge is 2.26. The third-order valence-corrected chi connectivity index (χ3v) is 16.6. The number of hydrogen-bond acceptors (Lipinski definition) is 7. The summed E-state index contributed by atoms with van der Waals surface area (Å²) in [4.78, 5) is 0. The van der Waals surface area contributed by atoms with Crippen LogP contribution in [0, 0.1) is 0 Å². The van der Waals surface area contributed by atoms with Crippen LogP contribution in [0.3, 0.4) is 0 Å². The van der Waals surface area contributed by atoms with E-state index in [0.717, 1.165) is 113 Å². The van der Waals surface area contributed by atoms with Gasteiger partial charge in [0, 0.05) is 12.8 Å². The molecule has 0 N–H and O–H groups in total. The molecule has 0 aliphatic rings. The molecule has 0 rings (SSSR count). The van der Waals surface area contributed by atoms with Crippen LogP contribution in [0.15, 0.2) is 23.0 Å². The Balaban J connectivity index is 7.04. The Bertz CT molecular complexity index is 1170. The van der Waals surface area contributed by atoms with Crippen molar-refractivity contribution < 1.29 is 33.2 Å². The minimum atomic E-state index is -0.223. The van der Waals surface area contributed by atoms with E-state index in [-0.39, 0.29) is 25.8 Å². The third-order valence-electron chi connectivity index (χ3n) is 16.6. The van der Waals surface area contributed by atoms with Crippen molar-refractivity contribution in [1.82, 2.24) is 0 Å². The van der Waals surface area contributed by atoms with E-state index < -0.39 is 0 Å².